The number of nitrogens with zero attached hydrogens (tertiary/aromatic N) is 1. The second kappa shape index (κ2) is 5.03. The first-order chi connectivity index (χ1) is 5.13. The third kappa shape index (κ3) is 3.28. The zero-order valence-electron chi connectivity index (χ0n) is 5.83. The molecular weight excluding hydrogens is 152 g/mol. The predicted octanol–water partition coefficient (Wildman–Crippen LogP) is -2.99. The fourth-order valence-electron chi connectivity index (χ4n) is 0.512. The lowest BCUT2D eigenvalue weighted by atomic mass is 10.1. The van der Waals surface area contributed by atoms with Gasteiger partial charge < -0.3 is 26.3 Å². The number of hydrogen-bond donors (Lipinski definition) is 5. The van der Waals surface area contributed by atoms with Crippen LogP contribution in [-0.4, -0.2) is 51.6 Å². The molecule has 0 amide bonds. The minimum Gasteiger partial charge on any atom is -0.394 e. The molecule has 0 radical (unpaired) electrons. The number of hydrazone groups is 1. The molecule has 11 heavy (non-hydrogen) atoms. The molecule has 0 aromatic rings. The Morgan fingerprint density at radius 1 is 1.36 bits per heavy atom. The van der Waals surface area contributed by atoms with E-state index >= 15 is 0 Å². The molecule has 0 aromatic carbocycles. The molecule has 0 unspecified atom stereocenters. The van der Waals surface area contributed by atoms with Crippen LogP contribution < -0.4 is 5.84 Å². The van der Waals surface area contributed by atoms with Gasteiger partial charge in [-0.15, -0.1) is 0 Å². The Morgan fingerprint density at radius 3 is 2.27 bits per heavy atom. The van der Waals surface area contributed by atoms with Crippen LogP contribution in [0.4, 0.5) is 0 Å². The van der Waals surface area contributed by atoms with Crippen molar-refractivity contribution in [2.24, 2.45) is 10.9 Å². The SMILES string of the molecule is NN=C[C@H](O)[C@@H](O)[C@@H](O)CO. The highest BCUT2D eigenvalue weighted by Gasteiger charge is 2.22. The third-order valence-corrected chi connectivity index (χ3v) is 1.17. The number of rotatable bonds is 4. The fraction of sp³-hybridized carbons (Fsp3) is 0.800. The van der Waals surface area contributed by atoms with Crippen LogP contribution in [0, 0.1) is 0 Å². The first-order valence-corrected chi connectivity index (χ1v) is 3.02. The molecule has 0 bridgehead atoms. The fourth-order valence-corrected chi connectivity index (χ4v) is 0.512. The minimum atomic E-state index is -1.47. The van der Waals surface area contributed by atoms with Gasteiger partial charge in [0.2, 0.25) is 0 Å². The van der Waals surface area contributed by atoms with E-state index < -0.39 is 24.9 Å². The molecule has 6 nitrogen and oxygen atoms in total. The summed E-state index contributed by atoms with van der Waals surface area (Å²) in [7, 11) is 0. The van der Waals surface area contributed by atoms with E-state index in [1.54, 1.807) is 0 Å². The maximum atomic E-state index is 8.91. The van der Waals surface area contributed by atoms with Gasteiger partial charge in [-0.1, -0.05) is 0 Å². The van der Waals surface area contributed by atoms with Gasteiger partial charge in [0.05, 0.1) is 12.8 Å². The van der Waals surface area contributed by atoms with Crippen LogP contribution in [0.2, 0.25) is 0 Å². The summed E-state index contributed by atoms with van der Waals surface area (Å²) in [5, 5.41) is 37.8. The molecule has 0 saturated heterocycles. The second-order valence-corrected chi connectivity index (χ2v) is 2.03. The van der Waals surface area contributed by atoms with Crippen LogP contribution in [0.1, 0.15) is 0 Å². The van der Waals surface area contributed by atoms with E-state index in [4.69, 9.17) is 20.4 Å². The summed E-state index contributed by atoms with van der Waals surface area (Å²) in [6, 6.07) is 0. The van der Waals surface area contributed by atoms with E-state index in [1.807, 2.05) is 0 Å². The summed E-state index contributed by atoms with van der Waals surface area (Å²) in [6.45, 7) is -0.628. The molecule has 6 N–H and O–H groups in total. The average molecular weight is 164 g/mol. The van der Waals surface area contributed by atoms with E-state index in [9.17, 15) is 0 Å². The molecule has 66 valence electrons. The highest BCUT2D eigenvalue weighted by molar-refractivity contribution is 5.63. The lowest BCUT2D eigenvalue weighted by Gasteiger charge is -2.17. The largest absolute Gasteiger partial charge is 0.394 e. The van der Waals surface area contributed by atoms with Crippen LogP contribution in [-0.2, 0) is 0 Å². The van der Waals surface area contributed by atoms with Crippen molar-refractivity contribution < 1.29 is 20.4 Å². The van der Waals surface area contributed by atoms with Crippen molar-refractivity contribution in [3.63, 3.8) is 0 Å². The molecule has 0 rings (SSSR count). The Bertz CT molecular complexity index is 130. The molecular formula is C5H12N2O4. The van der Waals surface area contributed by atoms with E-state index in [-0.39, 0.29) is 0 Å². The van der Waals surface area contributed by atoms with Crippen LogP contribution >= 0.6 is 0 Å². The molecule has 0 aromatic heterocycles. The van der Waals surface area contributed by atoms with Gasteiger partial charge in [0.1, 0.15) is 18.3 Å². The topological polar surface area (TPSA) is 119 Å². The molecule has 0 aliphatic heterocycles. The third-order valence-electron chi connectivity index (χ3n) is 1.17. The molecule has 0 saturated carbocycles. The summed E-state index contributed by atoms with van der Waals surface area (Å²) in [5.74, 6) is 4.66. The van der Waals surface area contributed by atoms with Crippen LogP contribution in [0.5, 0.6) is 0 Å². The summed E-state index contributed by atoms with van der Waals surface area (Å²) in [6.07, 6.45) is -3.35. The summed E-state index contributed by atoms with van der Waals surface area (Å²) in [5.41, 5.74) is 0. The van der Waals surface area contributed by atoms with Gasteiger partial charge in [-0.25, -0.2) is 0 Å². The van der Waals surface area contributed by atoms with Crippen molar-refractivity contribution in [3.05, 3.63) is 0 Å². The van der Waals surface area contributed by atoms with Crippen LogP contribution in [0.3, 0.4) is 0 Å². The first-order valence-electron chi connectivity index (χ1n) is 3.02. The molecule has 0 spiro atoms. The maximum Gasteiger partial charge on any atom is 0.119 e. The molecule has 0 heterocycles. The monoisotopic (exact) mass is 164 g/mol. The van der Waals surface area contributed by atoms with Crippen molar-refractivity contribution >= 4 is 6.21 Å². The highest BCUT2D eigenvalue weighted by Crippen LogP contribution is 1.96. The van der Waals surface area contributed by atoms with E-state index in [0.29, 0.717) is 0 Å². The number of aliphatic hydroxyl groups excluding tert-OH is 4. The van der Waals surface area contributed by atoms with E-state index in [2.05, 4.69) is 10.9 Å². The standard InChI is InChI=1S/C5H12N2O4/c6-7-1-3(9)5(11)4(10)2-8/h1,3-5,8-11H,2,6H2/t3-,4-,5+/m0/s1. The molecule has 6 heteroatoms. The molecule has 0 aliphatic carbocycles. The normalized spacial score (nSPS) is 20.0. The van der Waals surface area contributed by atoms with E-state index in [0.717, 1.165) is 6.21 Å². The highest BCUT2D eigenvalue weighted by atomic mass is 16.4. The first kappa shape index (κ1) is 10.3. The van der Waals surface area contributed by atoms with Crippen molar-refractivity contribution in [2.75, 3.05) is 6.61 Å². The van der Waals surface area contributed by atoms with Crippen molar-refractivity contribution in [1.82, 2.24) is 0 Å². The maximum absolute atomic E-state index is 8.91. The van der Waals surface area contributed by atoms with Gasteiger partial charge in [-0.3, -0.25) is 0 Å². The van der Waals surface area contributed by atoms with Crippen molar-refractivity contribution in [3.8, 4) is 0 Å². The zero-order valence-corrected chi connectivity index (χ0v) is 5.83. The zero-order chi connectivity index (χ0) is 8.85. The Labute approximate surface area is 63.6 Å². The lowest BCUT2D eigenvalue weighted by Crippen LogP contribution is -2.40. The van der Waals surface area contributed by atoms with Gasteiger partial charge >= 0.3 is 0 Å². The Morgan fingerprint density at radius 2 is 1.91 bits per heavy atom. The van der Waals surface area contributed by atoms with E-state index in [1.165, 1.54) is 0 Å². The van der Waals surface area contributed by atoms with Gasteiger partial charge in [-0.2, -0.15) is 5.10 Å². The van der Waals surface area contributed by atoms with Crippen molar-refractivity contribution in [1.29, 1.82) is 0 Å². The Balaban J connectivity index is 3.90. The quantitative estimate of drug-likeness (QED) is 0.172. The van der Waals surface area contributed by atoms with Gasteiger partial charge in [-0.05, 0) is 0 Å². The Hall–Kier alpha value is -0.690. The Kier molecular flexibility index (Phi) is 4.71. The van der Waals surface area contributed by atoms with Crippen LogP contribution in [0.25, 0.3) is 0 Å². The lowest BCUT2D eigenvalue weighted by molar-refractivity contribution is -0.0541. The predicted molar refractivity (Wildman–Crippen MR) is 37.8 cm³/mol. The number of nitrogens with two attached hydrogens (primary N) is 1. The van der Waals surface area contributed by atoms with Crippen LogP contribution in [0.15, 0.2) is 5.10 Å². The molecule has 3 atom stereocenters. The minimum absolute atomic E-state index is 0.628. The summed E-state index contributed by atoms with van der Waals surface area (Å²) in [4.78, 5) is 0. The molecule has 0 aliphatic rings. The average Bonchev–Trinajstić information content (AvgIpc) is 2.02. The van der Waals surface area contributed by atoms with Gasteiger partial charge in [0.15, 0.2) is 0 Å². The van der Waals surface area contributed by atoms with Gasteiger partial charge in [0.25, 0.3) is 0 Å². The second-order valence-electron chi connectivity index (χ2n) is 2.03. The van der Waals surface area contributed by atoms with Gasteiger partial charge in [0, 0.05) is 0 Å². The summed E-state index contributed by atoms with van der Waals surface area (Å²) >= 11 is 0. The number of hydrogen-bond acceptors (Lipinski definition) is 6. The smallest absolute Gasteiger partial charge is 0.119 e. The molecule has 0 fully saturated rings. The summed E-state index contributed by atoms with van der Waals surface area (Å²) < 4.78 is 0. The number of aliphatic hydroxyl groups is 4. The van der Waals surface area contributed by atoms with Crippen molar-refractivity contribution in [2.45, 2.75) is 18.3 Å².